The van der Waals surface area contributed by atoms with Crippen LogP contribution in [0.5, 0.6) is 0 Å². The van der Waals surface area contributed by atoms with E-state index in [2.05, 4.69) is 4.98 Å². The van der Waals surface area contributed by atoms with Crippen LogP contribution < -0.4 is 5.73 Å². The number of hydrogen-bond donors (Lipinski definition) is 1. The Morgan fingerprint density at radius 2 is 1.86 bits per heavy atom. The molecular formula is C15H11F3N2S. The quantitative estimate of drug-likeness (QED) is 0.651. The number of nitrogen functional groups attached to an aromatic ring is 1. The molecule has 0 radical (unpaired) electrons. The number of anilines is 1. The molecule has 0 saturated carbocycles. The van der Waals surface area contributed by atoms with Crippen LogP contribution in [0.4, 0.5) is 18.9 Å². The number of nitrogens with zero attached hydrogens (tertiary/aromatic N) is 1. The zero-order chi connectivity index (χ0) is 15.2. The van der Waals surface area contributed by atoms with Gasteiger partial charge < -0.3 is 5.73 Å². The molecule has 0 aliphatic rings. The number of rotatable bonds is 1. The molecule has 1 aromatic heterocycles. The molecule has 0 aliphatic heterocycles. The molecule has 0 amide bonds. The van der Waals surface area contributed by atoms with E-state index >= 15 is 0 Å². The SMILES string of the molecule is Cc1ccc(N)c(-c2nc3ccc(C(F)(F)F)cc3s2)c1. The van der Waals surface area contributed by atoms with E-state index in [4.69, 9.17) is 5.73 Å². The molecule has 0 fully saturated rings. The molecule has 0 spiro atoms. The van der Waals surface area contributed by atoms with Gasteiger partial charge in [-0.05, 0) is 37.3 Å². The van der Waals surface area contributed by atoms with Gasteiger partial charge in [0.25, 0.3) is 0 Å². The number of alkyl halides is 3. The van der Waals surface area contributed by atoms with E-state index in [-0.39, 0.29) is 0 Å². The van der Waals surface area contributed by atoms with Gasteiger partial charge in [0.15, 0.2) is 0 Å². The van der Waals surface area contributed by atoms with Crippen molar-refractivity contribution in [3.63, 3.8) is 0 Å². The fourth-order valence-electron chi connectivity index (χ4n) is 2.07. The van der Waals surface area contributed by atoms with E-state index in [1.54, 1.807) is 6.07 Å². The second-order valence-electron chi connectivity index (χ2n) is 4.79. The maximum absolute atomic E-state index is 12.7. The molecule has 6 heteroatoms. The van der Waals surface area contributed by atoms with E-state index in [1.165, 1.54) is 17.4 Å². The third-order valence-electron chi connectivity index (χ3n) is 3.15. The molecule has 0 bridgehead atoms. The zero-order valence-electron chi connectivity index (χ0n) is 11.0. The van der Waals surface area contributed by atoms with Gasteiger partial charge in [0.05, 0.1) is 15.8 Å². The summed E-state index contributed by atoms with van der Waals surface area (Å²) in [5, 5.41) is 0.630. The molecule has 0 unspecified atom stereocenters. The number of halogens is 3. The highest BCUT2D eigenvalue weighted by Crippen LogP contribution is 2.37. The van der Waals surface area contributed by atoms with Gasteiger partial charge in [-0.25, -0.2) is 4.98 Å². The number of fused-ring (bicyclic) bond motifs is 1. The number of aryl methyl sites for hydroxylation is 1. The van der Waals surface area contributed by atoms with E-state index in [1.807, 2.05) is 19.1 Å². The Balaban J connectivity index is 2.15. The van der Waals surface area contributed by atoms with Crippen molar-refractivity contribution in [2.45, 2.75) is 13.1 Å². The summed E-state index contributed by atoms with van der Waals surface area (Å²) in [5.74, 6) is 0. The first-order valence-electron chi connectivity index (χ1n) is 6.19. The van der Waals surface area contributed by atoms with Crippen LogP contribution in [-0.2, 0) is 6.18 Å². The largest absolute Gasteiger partial charge is 0.416 e. The number of aromatic nitrogens is 1. The van der Waals surface area contributed by atoms with Crippen LogP contribution in [0.15, 0.2) is 36.4 Å². The van der Waals surface area contributed by atoms with Crippen LogP contribution in [0.25, 0.3) is 20.8 Å². The number of benzene rings is 2. The summed E-state index contributed by atoms with van der Waals surface area (Å²) in [4.78, 5) is 4.38. The maximum atomic E-state index is 12.7. The summed E-state index contributed by atoms with van der Waals surface area (Å²) in [5.41, 5.74) is 8.15. The van der Waals surface area contributed by atoms with Crippen molar-refractivity contribution >= 4 is 27.2 Å². The van der Waals surface area contributed by atoms with E-state index in [0.717, 1.165) is 23.3 Å². The highest BCUT2D eigenvalue weighted by molar-refractivity contribution is 7.21. The van der Waals surface area contributed by atoms with Crippen molar-refractivity contribution in [1.82, 2.24) is 4.98 Å². The standard InChI is InChI=1S/C15H11F3N2S/c1-8-2-4-11(19)10(6-8)14-20-12-5-3-9(15(16,17)18)7-13(12)21-14/h2-7H,19H2,1H3. The number of hydrogen-bond acceptors (Lipinski definition) is 3. The third kappa shape index (κ3) is 2.58. The van der Waals surface area contributed by atoms with Crippen molar-refractivity contribution in [2.24, 2.45) is 0 Å². The molecule has 2 N–H and O–H groups in total. The lowest BCUT2D eigenvalue weighted by Crippen LogP contribution is -2.03. The van der Waals surface area contributed by atoms with E-state index in [0.29, 0.717) is 20.9 Å². The second-order valence-corrected chi connectivity index (χ2v) is 5.82. The monoisotopic (exact) mass is 308 g/mol. The summed E-state index contributed by atoms with van der Waals surface area (Å²) in [6.07, 6.45) is -4.35. The minimum absolute atomic E-state index is 0.501. The van der Waals surface area contributed by atoms with Gasteiger partial charge in [0.1, 0.15) is 5.01 Å². The first-order chi connectivity index (χ1) is 9.84. The van der Waals surface area contributed by atoms with E-state index < -0.39 is 11.7 Å². The lowest BCUT2D eigenvalue weighted by atomic mass is 10.1. The second kappa shape index (κ2) is 4.73. The maximum Gasteiger partial charge on any atom is 0.416 e. The molecule has 0 saturated heterocycles. The highest BCUT2D eigenvalue weighted by atomic mass is 32.1. The molecule has 3 aromatic rings. The van der Waals surface area contributed by atoms with Gasteiger partial charge in [-0.3, -0.25) is 0 Å². The normalized spacial score (nSPS) is 12.0. The fraction of sp³-hybridized carbons (Fsp3) is 0.133. The molecule has 0 atom stereocenters. The number of thiazole rings is 1. The summed E-state index contributed by atoms with van der Waals surface area (Å²) < 4.78 is 38.7. The van der Waals surface area contributed by atoms with Crippen molar-refractivity contribution < 1.29 is 13.2 Å². The molecule has 3 rings (SSSR count). The first kappa shape index (κ1) is 13.9. The summed E-state index contributed by atoms with van der Waals surface area (Å²) in [6.45, 7) is 1.93. The van der Waals surface area contributed by atoms with E-state index in [9.17, 15) is 13.2 Å². The summed E-state index contributed by atoms with van der Waals surface area (Å²) >= 11 is 1.21. The summed E-state index contributed by atoms with van der Waals surface area (Å²) in [6, 6.07) is 9.11. The Bertz CT molecular complexity index is 821. The Hall–Kier alpha value is -2.08. The predicted octanol–water partition coefficient (Wildman–Crippen LogP) is 4.87. The Labute approximate surface area is 123 Å². The third-order valence-corrected chi connectivity index (χ3v) is 4.21. The van der Waals surface area contributed by atoms with Crippen molar-refractivity contribution in [1.29, 1.82) is 0 Å². The first-order valence-corrected chi connectivity index (χ1v) is 7.00. The minimum Gasteiger partial charge on any atom is -0.398 e. The van der Waals surface area contributed by atoms with Crippen molar-refractivity contribution in [2.75, 3.05) is 5.73 Å². The van der Waals surface area contributed by atoms with Gasteiger partial charge >= 0.3 is 6.18 Å². The lowest BCUT2D eigenvalue weighted by Gasteiger charge is -2.04. The smallest absolute Gasteiger partial charge is 0.398 e. The van der Waals surface area contributed by atoms with Crippen molar-refractivity contribution in [3.05, 3.63) is 47.5 Å². The van der Waals surface area contributed by atoms with Gasteiger partial charge in [0.2, 0.25) is 0 Å². The fourth-order valence-corrected chi connectivity index (χ4v) is 3.11. The average molecular weight is 308 g/mol. The molecule has 1 heterocycles. The van der Waals surface area contributed by atoms with Gasteiger partial charge in [0, 0.05) is 11.3 Å². The van der Waals surface area contributed by atoms with Crippen LogP contribution in [0.3, 0.4) is 0 Å². The summed E-state index contributed by atoms with van der Waals surface area (Å²) in [7, 11) is 0. The molecule has 2 nitrogen and oxygen atoms in total. The molecule has 21 heavy (non-hydrogen) atoms. The molecule has 2 aromatic carbocycles. The van der Waals surface area contributed by atoms with Gasteiger partial charge in [-0.15, -0.1) is 11.3 Å². The highest BCUT2D eigenvalue weighted by Gasteiger charge is 2.30. The van der Waals surface area contributed by atoms with Gasteiger partial charge in [-0.1, -0.05) is 11.6 Å². The van der Waals surface area contributed by atoms with Gasteiger partial charge in [-0.2, -0.15) is 13.2 Å². The van der Waals surface area contributed by atoms with Crippen LogP contribution in [0, 0.1) is 6.92 Å². The zero-order valence-corrected chi connectivity index (χ0v) is 11.8. The predicted molar refractivity (Wildman–Crippen MR) is 79.2 cm³/mol. The molecule has 108 valence electrons. The lowest BCUT2D eigenvalue weighted by molar-refractivity contribution is -0.137. The Kier molecular flexibility index (Phi) is 3.13. The van der Waals surface area contributed by atoms with Crippen LogP contribution in [0.2, 0.25) is 0 Å². The molecule has 0 aliphatic carbocycles. The van der Waals surface area contributed by atoms with Crippen LogP contribution in [-0.4, -0.2) is 4.98 Å². The van der Waals surface area contributed by atoms with Crippen LogP contribution >= 0.6 is 11.3 Å². The Morgan fingerprint density at radius 1 is 1.10 bits per heavy atom. The Morgan fingerprint density at radius 3 is 2.57 bits per heavy atom. The van der Waals surface area contributed by atoms with Crippen molar-refractivity contribution in [3.8, 4) is 10.6 Å². The van der Waals surface area contributed by atoms with Crippen LogP contribution in [0.1, 0.15) is 11.1 Å². The topological polar surface area (TPSA) is 38.9 Å². The average Bonchev–Trinajstić information content (AvgIpc) is 2.83. The minimum atomic E-state index is -4.35. The molecular weight excluding hydrogens is 297 g/mol. The number of nitrogens with two attached hydrogens (primary N) is 1.